The first-order valence-electron chi connectivity index (χ1n) is 5.94. The Hall–Kier alpha value is -1.14. The Bertz CT molecular complexity index is 270. The van der Waals surface area contributed by atoms with Crippen molar-refractivity contribution in [3.63, 3.8) is 0 Å². The van der Waals surface area contributed by atoms with Crippen LogP contribution in [0.1, 0.15) is 19.8 Å². The Morgan fingerprint density at radius 1 is 1.47 bits per heavy atom. The van der Waals surface area contributed by atoms with Crippen LogP contribution in [0.3, 0.4) is 0 Å². The lowest BCUT2D eigenvalue weighted by Gasteiger charge is -2.32. The number of likely N-dealkylation sites (N-methyl/N-ethyl adjacent to an activating group) is 1. The van der Waals surface area contributed by atoms with Gasteiger partial charge in [-0.2, -0.15) is 0 Å². The van der Waals surface area contributed by atoms with Crippen LogP contribution in [0.25, 0.3) is 0 Å². The summed E-state index contributed by atoms with van der Waals surface area (Å²) >= 11 is 0. The van der Waals surface area contributed by atoms with Gasteiger partial charge >= 0.3 is 5.97 Å². The minimum absolute atomic E-state index is 0.0116. The molecule has 1 aliphatic heterocycles. The number of hydrogen-bond acceptors (Lipinski definition) is 4. The second-order valence-electron chi connectivity index (χ2n) is 4.08. The zero-order valence-electron chi connectivity index (χ0n) is 10.1. The van der Waals surface area contributed by atoms with Gasteiger partial charge in [0.25, 0.3) is 0 Å². The van der Waals surface area contributed by atoms with Crippen molar-refractivity contribution in [1.29, 1.82) is 0 Å². The molecule has 1 heterocycles. The van der Waals surface area contributed by atoms with Gasteiger partial charge in [-0.3, -0.25) is 14.5 Å². The molecule has 1 aliphatic rings. The molecule has 2 N–H and O–H groups in total. The molecule has 0 radical (unpaired) electrons. The van der Waals surface area contributed by atoms with E-state index in [1.165, 1.54) is 0 Å². The Morgan fingerprint density at radius 3 is 2.88 bits per heavy atom. The predicted molar refractivity (Wildman–Crippen MR) is 61.7 cm³/mol. The number of nitrogens with zero attached hydrogens (tertiary/aromatic N) is 1. The standard InChI is InChI=1S/C11H20N2O4/c1-2-13-5-6-17-9(8-13)7-12-10(14)3-4-11(15)16/h9H,2-8H2,1H3,(H,12,14)(H,15,16). The van der Waals surface area contributed by atoms with E-state index in [1.807, 2.05) is 0 Å². The Labute approximate surface area is 101 Å². The van der Waals surface area contributed by atoms with E-state index in [0.29, 0.717) is 13.2 Å². The zero-order chi connectivity index (χ0) is 12.7. The molecule has 0 spiro atoms. The number of rotatable bonds is 6. The number of carbonyl (C=O) groups excluding carboxylic acids is 1. The molecule has 6 nitrogen and oxygen atoms in total. The van der Waals surface area contributed by atoms with Crippen LogP contribution < -0.4 is 5.32 Å². The fraction of sp³-hybridized carbons (Fsp3) is 0.818. The summed E-state index contributed by atoms with van der Waals surface area (Å²) < 4.78 is 5.51. The molecular formula is C11H20N2O4. The molecule has 6 heteroatoms. The summed E-state index contributed by atoms with van der Waals surface area (Å²) in [6, 6.07) is 0. The molecule has 1 saturated heterocycles. The molecule has 1 rings (SSSR count). The third-order valence-electron chi connectivity index (χ3n) is 2.76. The van der Waals surface area contributed by atoms with Crippen molar-refractivity contribution >= 4 is 11.9 Å². The van der Waals surface area contributed by atoms with Crippen LogP contribution >= 0.6 is 0 Å². The molecule has 1 unspecified atom stereocenters. The van der Waals surface area contributed by atoms with Gasteiger partial charge < -0.3 is 15.2 Å². The quantitative estimate of drug-likeness (QED) is 0.670. The molecule has 0 aromatic carbocycles. The maximum Gasteiger partial charge on any atom is 0.303 e. The van der Waals surface area contributed by atoms with Gasteiger partial charge in [0.1, 0.15) is 0 Å². The molecule has 1 atom stereocenters. The minimum atomic E-state index is -0.953. The van der Waals surface area contributed by atoms with Crippen LogP contribution in [0.5, 0.6) is 0 Å². The lowest BCUT2D eigenvalue weighted by atomic mass is 10.2. The van der Waals surface area contributed by atoms with E-state index in [4.69, 9.17) is 9.84 Å². The van der Waals surface area contributed by atoms with E-state index >= 15 is 0 Å². The summed E-state index contributed by atoms with van der Waals surface area (Å²) in [5, 5.41) is 11.1. The maximum absolute atomic E-state index is 11.3. The van der Waals surface area contributed by atoms with E-state index in [-0.39, 0.29) is 24.9 Å². The van der Waals surface area contributed by atoms with Crippen molar-refractivity contribution in [2.24, 2.45) is 0 Å². The largest absolute Gasteiger partial charge is 0.481 e. The molecular weight excluding hydrogens is 224 g/mol. The highest BCUT2D eigenvalue weighted by Gasteiger charge is 2.19. The fourth-order valence-electron chi connectivity index (χ4n) is 1.73. The van der Waals surface area contributed by atoms with Crippen LogP contribution in [-0.2, 0) is 14.3 Å². The van der Waals surface area contributed by atoms with E-state index in [1.54, 1.807) is 0 Å². The number of nitrogens with one attached hydrogen (secondary N) is 1. The average Bonchev–Trinajstić information content (AvgIpc) is 2.34. The molecule has 0 aliphatic carbocycles. The Morgan fingerprint density at radius 2 is 2.24 bits per heavy atom. The highest BCUT2D eigenvalue weighted by molar-refractivity contribution is 5.80. The molecule has 0 aromatic rings. The van der Waals surface area contributed by atoms with E-state index < -0.39 is 5.97 Å². The van der Waals surface area contributed by atoms with Crippen molar-refractivity contribution < 1.29 is 19.4 Å². The Balaban J connectivity index is 2.16. The third kappa shape index (κ3) is 5.65. The number of carboxylic acid groups (broad SMARTS) is 1. The van der Waals surface area contributed by atoms with Crippen LogP contribution in [0, 0.1) is 0 Å². The number of morpholine rings is 1. The van der Waals surface area contributed by atoms with Gasteiger partial charge in [-0.1, -0.05) is 6.92 Å². The summed E-state index contributed by atoms with van der Waals surface area (Å²) in [4.78, 5) is 23.8. The molecule has 98 valence electrons. The average molecular weight is 244 g/mol. The van der Waals surface area contributed by atoms with Crippen molar-refractivity contribution in [3.05, 3.63) is 0 Å². The topological polar surface area (TPSA) is 78.9 Å². The van der Waals surface area contributed by atoms with Gasteiger partial charge in [0.15, 0.2) is 0 Å². The molecule has 0 aromatic heterocycles. The van der Waals surface area contributed by atoms with Gasteiger partial charge in [-0.15, -0.1) is 0 Å². The fourth-order valence-corrected chi connectivity index (χ4v) is 1.73. The van der Waals surface area contributed by atoms with Crippen LogP contribution in [-0.4, -0.2) is 60.8 Å². The second kappa shape index (κ2) is 7.24. The number of aliphatic carboxylic acids is 1. The minimum Gasteiger partial charge on any atom is -0.481 e. The number of hydrogen-bond donors (Lipinski definition) is 2. The SMILES string of the molecule is CCN1CCOC(CNC(=O)CCC(=O)O)C1. The number of carbonyl (C=O) groups is 2. The van der Waals surface area contributed by atoms with Gasteiger partial charge in [0.2, 0.25) is 5.91 Å². The van der Waals surface area contributed by atoms with Gasteiger partial charge in [0, 0.05) is 26.1 Å². The summed E-state index contributed by atoms with van der Waals surface area (Å²) in [5.41, 5.74) is 0. The van der Waals surface area contributed by atoms with Gasteiger partial charge in [-0.05, 0) is 6.54 Å². The Kier molecular flexibility index (Phi) is 5.93. The first kappa shape index (κ1) is 13.9. The molecule has 0 saturated carbocycles. The first-order valence-corrected chi connectivity index (χ1v) is 5.94. The summed E-state index contributed by atoms with van der Waals surface area (Å²) in [7, 11) is 0. The van der Waals surface area contributed by atoms with E-state index in [0.717, 1.165) is 19.6 Å². The van der Waals surface area contributed by atoms with E-state index in [9.17, 15) is 9.59 Å². The zero-order valence-corrected chi connectivity index (χ0v) is 10.1. The van der Waals surface area contributed by atoms with Crippen LogP contribution in [0.15, 0.2) is 0 Å². The van der Waals surface area contributed by atoms with Crippen molar-refractivity contribution in [2.45, 2.75) is 25.9 Å². The highest BCUT2D eigenvalue weighted by atomic mass is 16.5. The smallest absolute Gasteiger partial charge is 0.303 e. The van der Waals surface area contributed by atoms with Crippen molar-refractivity contribution in [3.8, 4) is 0 Å². The lowest BCUT2D eigenvalue weighted by molar-refractivity contribution is -0.138. The number of amides is 1. The van der Waals surface area contributed by atoms with Crippen LogP contribution in [0.2, 0.25) is 0 Å². The van der Waals surface area contributed by atoms with Crippen molar-refractivity contribution in [1.82, 2.24) is 10.2 Å². The summed E-state index contributed by atoms with van der Waals surface area (Å²) in [5.74, 6) is -1.18. The van der Waals surface area contributed by atoms with Crippen LogP contribution in [0.4, 0.5) is 0 Å². The molecule has 1 amide bonds. The predicted octanol–water partition coefficient (Wildman–Crippen LogP) is -0.312. The normalized spacial score (nSPS) is 21.1. The monoisotopic (exact) mass is 244 g/mol. The summed E-state index contributed by atoms with van der Waals surface area (Å²) in [6.07, 6.45) is -0.0877. The van der Waals surface area contributed by atoms with E-state index in [2.05, 4.69) is 17.1 Å². The number of carboxylic acids is 1. The summed E-state index contributed by atoms with van der Waals surface area (Å²) in [6.45, 7) is 5.95. The number of ether oxygens (including phenoxy) is 1. The maximum atomic E-state index is 11.3. The molecule has 1 fully saturated rings. The van der Waals surface area contributed by atoms with Crippen molar-refractivity contribution in [2.75, 3.05) is 32.8 Å². The highest BCUT2D eigenvalue weighted by Crippen LogP contribution is 2.03. The third-order valence-corrected chi connectivity index (χ3v) is 2.76. The first-order chi connectivity index (χ1) is 8.11. The van der Waals surface area contributed by atoms with Gasteiger partial charge in [-0.25, -0.2) is 0 Å². The molecule has 0 bridgehead atoms. The van der Waals surface area contributed by atoms with Gasteiger partial charge in [0.05, 0.1) is 19.1 Å². The second-order valence-corrected chi connectivity index (χ2v) is 4.08. The lowest BCUT2D eigenvalue weighted by Crippen LogP contribution is -2.47. The molecule has 17 heavy (non-hydrogen) atoms.